The summed E-state index contributed by atoms with van der Waals surface area (Å²) in [7, 11) is 3.20. The zero-order valence-electron chi connectivity index (χ0n) is 15.7. The number of ether oxygens (including phenoxy) is 3. The van der Waals surface area contributed by atoms with E-state index >= 15 is 0 Å². The molecule has 0 saturated carbocycles. The molecule has 1 fully saturated rings. The first-order valence-corrected chi connectivity index (χ1v) is 8.99. The number of aromatic amines is 1. The van der Waals surface area contributed by atoms with Crippen LogP contribution in [0.3, 0.4) is 0 Å². The molecule has 1 saturated heterocycles. The van der Waals surface area contributed by atoms with Gasteiger partial charge in [-0.25, -0.2) is 4.98 Å². The van der Waals surface area contributed by atoms with E-state index in [1.165, 1.54) is 6.20 Å². The second-order valence-electron chi connectivity index (χ2n) is 6.50. The van der Waals surface area contributed by atoms with Gasteiger partial charge in [0, 0.05) is 24.2 Å². The number of nitrogens with one attached hydrogen (secondary N) is 2. The predicted molar refractivity (Wildman–Crippen MR) is 105 cm³/mol. The molecule has 1 aliphatic rings. The molecule has 28 heavy (non-hydrogen) atoms. The topological polar surface area (TPSA) is 111 Å². The number of hydrogen-bond donors (Lipinski definition) is 3. The van der Waals surface area contributed by atoms with Crippen LogP contribution in [0.1, 0.15) is 22.0 Å². The van der Waals surface area contributed by atoms with Crippen LogP contribution in [-0.4, -0.2) is 49.9 Å². The number of carbonyl (C=O) groups is 1. The predicted octanol–water partition coefficient (Wildman–Crippen LogP) is 2.27. The number of nitrogens with zero attached hydrogens (tertiary/aromatic N) is 1. The molecule has 1 aliphatic heterocycles. The van der Waals surface area contributed by atoms with Crippen molar-refractivity contribution < 1.29 is 19.0 Å². The number of nitrogens with two attached hydrogens (primary N) is 1. The maximum atomic E-state index is 12.2. The summed E-state index contributed by atoms with van der Waals surface area (Å²) in [5, 5.41) is 3.33. The fourth-order valence-electron chi connectivity index (χ4n) is 3.41. The van der Waals surface area contributed by atoms with Gasteiger partial charge in [0.2, 0.25) is 0 Å². The van der Waals surface area contributed by atoms with Crippen LogP contribution in [0, 0.1) is 0 Å². The van der Waals surface area contributed by atoms with Gasteiger partial charge in [-0.2, -0.15) is 0 Å². The van der Waals surface area contributed by atoms with E-state index in [-0.39, 0.29) is 12.0 Å². The summed E-state index contributed by atoms with van der Waals surface area (Å²) in [6, 6.07) is 7.78. The van der Waals surface area contributed by atoms with Gasteiger partial charge in [0.15, 0.2) is 0 Å². The van der Waals surface area contributed by atoms with Crippen molar-refractivity contribution in [2.45, 2.75) is 6.10 Å². The normalized spacial score (nSPS) is 16.9. The Hall–Kier alpha value is -3.10. The van der Waals surface area contributed by atoms with E-state index in [1.807, 2.05) is 24.3 Å². The lowest BCUT2D eigenvalue weighted by atomic mass is 10.0. The van der Waals surface area contributed by atoms with Gasteiger partial charge >= 0.3 is 0 Å². The molecule has 0 aliphatic carbocycles. The second-order valence-corrected chi connectivity index (χ2v) is 6.50. The molecular weight excluding hydrogens is 360 g/mol. The Morgan fingerprint density at radius 2 is 2.21 bits per heavy atom. The van der Waals surface area contributed by atoms with Crippen LogP contribution in [0.25, 0.3) is 22.2 Å². The highest BCUT2D eigenvalue weighted by Crippen LogP contribution is 2.36. The van der Waals surface area contributed by atoms with E-state index in [1.54, 1.807) is 14.2 Å². The van der Waals surface area contributed by atoms with E-state index in [0.29, 0.717) is 47.9 Å². The van der Waals surface area contributed by atoms with Gasteiger partial charge in [-0.05, 0) is 23.8 Å². The van der Waals surface area contributed by atoms with E-state index < -0.39 is 0 Å². The highest BCUT2D eigenvalue weighted by atomic mass is 16.6. The average molecular weight is 382 g/mol. The third-order valence-electron chi connectivity index (χ3n) is 4.87. The summed E-state index contributed by atoms with van der Waals surface area (Å²) >= 11 is 0. The smallest absolute Gasteiger partial charge is 0.253 e. The zero-order chi connectivity index (χ0) is 19.7. The van der Waals surface area contributed by atoms with Gasteiger partial charge in [-0.1, -0.05) is 6.07 Å². The molecule has 4 N–H and O–H groups in total. The molecule has 0 spiro atoms. The van der Waals surface area contributed by atoms with Crippen LogP contribution in [0.5, 0.6) is 5.75 Å². The number of pyridine rings is 1. The van der Waals surface area contributed by atoms with Crippen molar-refractivity contribution in [3.63, 3.8) is 0 Å². The Kier molecular flexibility index (Phi) is 4.89. The molecule has 2 aromatic heterocycles. The third kappa shape index (κ3) is 3.17. The van der Waals surface area contributed by atoms with Gasteiger partial charge in [-0.3, -0.25) is 4.79 Å². The van der Waals surface area contributed by atoms with Crippen LogP contribution in [0.2, 0.25) is 0 Å². The molecule has 8 heteroatoms. The first-order chi connectivity index (χ1) is 13.6. The summed E-state index contributed by atoms with van der Waals surface area (Å²) in [5.41, 5.74) is 9.71. The number of anilines is 1. The molecule has 8 nitrogen and oxygen atoms in total. The number of nitrogen functional groups attached to an aromatic ring is 1. The van der Waals surface area contributed by atoms with Crippen molar-refractivity contribution in [3.8, 4) is 17.0 Å². The molecule has 1 unspecified atom stereocenters. The highest BCUT2D eigenvalue weighted by molar-refractivity contribution is 6.09. The number of carbonyl (C=O) groups excluding carboxylic acids is 1. The standard InChI is InChI=1S/C20H22N4O4/c1-22-20(25)14-9-23-19(21)18-13(14)8-15(24-18)12-4-3-11(7-16(12)26-2)17-10-27-5-6-28-17/h3-4,7-9,17,24H,5-6,10H2,1-2H3,(H2,21,23)(H,22,25). The Morgan fingerprint density at radius 1 is 1.36 bits per heavy atom. The number of aromatic nitrogens is 2. The highest BCUT2D eigenvalue weighted by Gasteiger charge is 2.20. The van der Waals surface area contributed by atoms with Crippen LogP contribution >= 0.6 is 0 Å². The number of fused-ring (bicyclic) bond motifs is 1. The number of rotatable bonds is 4. The largest absolute Gasteiger partial charge is 0.496 e. The quantitative estimate of drug-likeness (QED) is 0.638. The fraction of sp³-hybridized carbons (Fsp3) is 0.300. The lowest BCUT2D eigenvalue weighted by Gasteiger charge is -2.24. The lowest BCUT2D eigenvalue weighted by Crippen LogP contribution is -2.21. The number of benzene rings is 1. The zero-order valence-corrected chi connectivity index (χ0v) is 15.7. The van der Waals surface area contributed by atoms with Crippen molar-refractivity contribution >= 4 is 22.6 Å². The minimum absolute atomic E-state index is 0.112. The number of hydrogen-bond acceptors (Lipinski definition) is 6. The van der Waals surface area contributed by atoms with Crippen molar-refractivity contribution in [3.05, 3.63) is 41.6 Å². The van der Waals surface area contributed by atoms with Crippen LogP contribution < -0.4 is 15.8 Å². The van der Waals surface area contributed by atoms with Gasteiger partial charge in [0.1, 0.15) is 17.7 Å². The molecule has 0 bridgehead atoms. The Bertz CT molecular complexity index is 1020. The summed E-state index contributed by atoms with van der Waals surface area (Å²) in [5.74, 6) is 0.795. The molecule has 1 aromatic carbocycles. The lowest BCUT2D eigenvalue weighted by molar-refractivity contribution is -0.0901. The van der Waals surface area contributed by atoms with Crippen LogP contribution in [-0.2, 0) is 9.47 Å². The molecule has 146 valence electrons. The number of methoxy groups -OCH3 is 1. The Labute approximate surface area is 162 Å². The third-order valence-corrected chi connectivity index (χ3v) is 4.87. The van der Waals surface area contributed by atoms with Crippen molar-refractivity contribution in [1.82, 2.24) is 15.3 Å². The Morgan fingerprint density at radius 3 is 2.93 bits per heavy atom. The summed E-state index contributed by atoms with van der Waals surface area (Å²) in [6.07, 6.45) is 1.37. The second kappa shape index (κ2) is 7.49. The maximum absolute atomic E-state index is 12.2. The van der Waals surface area contributed by atoms with Gasteiger partial charge < -0.3 is 30.2 Å². The van der Waals surface area contributed by atoms with Crippen molar-refractivity contribution in [1.29, 1.82) is 0 Å². The molecule has 0 radical (unpaired) electrons. The monoisotopic (exact) mass is 382 g/mol. The first-order valence-electron chi connectivity index (χ1n) is 8.99. The average Bonchev–Trinajstić information content (AvgIpc) is 3.19. The molecule has 3 aromatic rings. The molecule has 3 heterocycles. The van der Waals surface area contributed by atoms with E-state index in [0.717, 1.165) is 16.8 Å². The van der Waals surface area contributed by atoms with Gasteiger partial charge in [0.25, 0.3) is 5.91 Å². The maximum Gasteiger partial charge on any atom is 0.253 e. The minimum Gasteiger partial charge on any atom is -0.496 e. The SMILES string of the molecule is CNC(=O)c1cnc(N)c2[nH]c(-c3ccc(C4COCCO4)cc3OC)cc12. The minimum atomic E-state index is -0.222. The van der Waals surface area contributed by atoms with E-state index in [4.69, 9.17) is 19.9 Å². The molecule has 1 amide bonds. The van der Waals surface area contributed by atoms with E-state index in [2.05, 4.69) is 15.3 Å². The van der Waals surface area contributed by atoms with Crippen molar-refractivity contribution in [2.24, 2.45) is 0 Å². The number of amides is 1. The fourth-order valence-corrected chi connectivity index (χ4v) is 3.41. The molecular formula is C20H22N4O4. The molecule has 1 atom stereocenters. The molecule has 4 rings (SSSR count). The van der Waals surface area contributed by atoms with Gasteiger partial charge in [-0.15, -0.1) is 0 Å². The van der Waals surface area contributed by atoms with Crippen LogP contribution in [0.4, 0.5) is 5.82 Å². The summed E-state index contributed by atoms with van der Waals surface area (Å²) in [4.78, 5) is 19.6. The van der Waals surface area contributed by atoms with Gasteiger partial charge in [0.05, 0.1) is 43.7 Å². The number of H-pyrrole nitrogens is 1. The summed E-state index contributed by atoms with van der Waals surface area (Å²) in [6.45, 7) is 1.71. The Balaban J connectivity index is 1.79. The van der Waals surface area contributed by atoms with Crippen molar-refractivity contribution in [2.75, 3.05) is 39.7 Å². The summed E-state index contributed by atoms with van der Waals surface area (Å²) < 4.78 is 16.9. The first kappa shape index (κ1) is 18.3. The van der Waals surface area contributed by atoms with Crippen LogP contribution in [0.15, 0.2) is 30.5 Å². The van der Waals surface area contributed by atoms with E-state index in [9.17, 15) is 4.79 Å².